The number of carbonyl (C=O) groups excluding carboxylic acids is 2. The van der Waals surface area contributed by atoms with E-state index in [0.717, 1.165) is 16.7 Å². The predicted molar refractivity (Wildman–Crippen MR) is 67.8 cm³/mol. The zero-order valence-electron chi connectivity index (χ0n) is 11.3. The monoisotopic (exact) mass is 249 g/mol. The molecule has 2 aliphatic heterocycles. The first-order valence-electron chi connectivity index (χ1n) is 6.24. The first-order chi connectivity index (χ1) is 8.40. The van der Waals surface area contributed by atoms with Crippen LogP contribution >= 0.6 is 0 Å². The first kappa shape index (κ1) is 12.9. The summed E-state index contributed by atoms with van der Waals surface area (Å²) in [4.78, 5) is 23.8. The van der Waals surface area contributed by atoms with Crippen LogP contribution in [0.1, 0.15) is 40.5 Å². The number of hydrogen-bond donors (Lipinski definition) is 1. The van der Waals surface area contributed by atoms with E-state index in [1.165, 1.54) is 0 Å². The van der Waals surface area contributed by atoms with Crippen LogP contribution in [0.2, 0.25) is 0 Å². The summed E-state index contributed by atoms with van der Waals surface area (Å²) in [5.74, 6) is -0.261. The van der Waals surface area contributed by atoms with Crippen LogP contribution in [0.25, 0.3) is 0 Å². The van der Waals surface area contributed by atoms with Crippen molar-refractivity contribution >= 4 is 11.9 Å². The molecule has 1 N–H and O–H groups in total. The van der Waals surface area contributed by atoms with Crippen LogP contribution in [-0.4, -0.2) is 24.0 Å². The smallest absolute Gasteiger partial charge is 0.334 e. The molecule has 0 aromatic rings. The van der Waals surface area contributed by atoms with Crippen LogP contribution in [0, 0.1) is 0 Å². The fourth-order valence-corrected chi connectivity index (χ4v) is 2.44. The van der Waals surface area contributed by atoms with E-state index in [9.17, 15) is 9.59 Å². The number of amides is 1. The van der Waals surface area contributed by atoms with Crippen molar-refractivity contribution in [2.24, 2.45) is 0 Å². The Kier molecular flexibility index (Phi) is 3.28. The van der Waals surface area contributed by atoms with Gasteiger partial charge in [-0.3, -0.25) is 4.79 Å². The Morgan fingerprint density at radius 1 is 1.06 bits per heavy atom. The Morgan fingerprint density at radius 3 is 2.22 bits per heavy atom. The largest absolute Gasteiger partial charge is 0.456 e. The minimum Gasteiger partial charge on any atom is -0.456 e. The third-order valence-corrected chi connectivity index (χ3v) is 3.58. The van der Waals surface area contributed by atoms with Gasteiger partial charge in [-0.25, -0.2) is 4.79 Å². The second-order valence-corrected chi connectivity index (χ2v) is 5.39. The van der Waals surface area contributed by atoms with Crippen LogP contribution in [-0.2, 0) is 14.3 Å². The molecular formula is C14H19NO3. The second kappa shape index (κ2) is 4.59. The molecule has 0 bridgehead atoms. The van der Waals surface area contributed by atoms with Crippen molar-refractivity contribution in [1.82, 2.24) is 5.32 Å². The maximum absolute atomic E-state index is 11.9. The van der Waals surface area contributed by atoms with Gasteiger partial charge >= 0.3 is 5.97 Å². The summed E-state index contributed by atoms with van der Waals surface area (Å²) in [6.07, 6.45) is 0.886. The topological polar surface area (TPSA) is 55.4 Å². The van der Waals surface area contributed by atoms with Gasteiger partial charge in [0.1, 0.15) is 6.10 Å². The summed E-state index contributed by atoms with van der Waals surface area (Å²) in [6.45, 7) is 7.59. The lowest BCUT2D eigenvalue weighted by Gasteiger charge is -2.37. The van der Waals surface area contributed by atoms with E-state index < -0.39 is 0 Å². The Bertz CT molecular complexity index is 421. The summed E-state index contributed by atoms with van der Waals surface area (Å²) < 4.78 is 5.45. The first-order valence-corrected chi connectivity index (χ1v) is 6.24. The molecule has 4 heteroatoms. The molecule has 0 radical (unpaired) electrons. The Hall–Kier alpha value is -1.58. The number of esters is 1. The summed E-state index contributed by atoms with van der Waals surface area (Å²) in [6, 6.07) is -0.0804. The van der Waals surface area contributed by atoms with E-state index >= 15 is 0 Å². The summed E-state index contributed by atoms with van der Waals surface area (Å²) in [7, 11) is 0. The molecule has 2 atom stereocenters. The molecule has 18 heavy (non-hydrogen) atoms. The molecule has 98 valence electrons. The van der Waals surface area contributed by atoms with Gasteiger partial charge in [-0.15, -0.1) is 0 Å². The summed E-state index contributed by atoms with van der Waals surface area (Å²) in [5, 5.41) is 2.95. The lowest BCUT2D eigenvalue weighted by atomic mass is 9.87. The van der Waals surface area contributed by atoms with Crippen molar-refractivity contribution in [3.63, 3.8) is 0 Å². The molecule has 1 amide bonds. The van der Waals surface area contributed by atoms with E-state index in [-0.39, 0.29) is 24.0 Å². The van der Waals surface area contributed by atoms with Crippen LogP contribution in [0.5, 0.6) is 0 Å². The normalized spacial score (nSPS) is 27.3. The van der Waals surface area contributed by atoms with E-state index in [0.29, 0.717) is 18.4 Å². The molecule has 0 aliphatic carbocycles. The number of carbonyl (C=O) groups is 2. The SMILES string of the molecule is CC(C)=C1CC2OC(=O)C(=C(C)C)CC2NC1=O. The highest BCUT2D eigenvalue weighted by Crippen LogP contribution is 2.30. The summed E-state index contributed by atoms with van der Waals surface area (Å²) in [5.41, 5.74) is 3.37. The molecule has 0 aromatic heterocycles. The third-order valence-electron chi connectivity index (χ3n) is 3.58. The highest BCUT2D eigenvalue weighted by Gasteiger charge is 2.40. The van der Waals surface area contributed by atoms with Crippen LogP contribution in [0.15, 0.2) is 22.3 Å². The molecule has 0 aromatic carbocycles. The third kappa shape index (κ3) is 2.19. The van der Waals surface area contributed by atoms with Crippen molar-refractivity contribution in [3.8, 4) is 0 Å². The average molecular weight is 249 g/mol. The lowest BCUT2D eigenvalue weighted by Crippen LogP contribution is -2.54. The van der Waals surface area contributed by atoms with Gasteiger partial charge in [0.2, 0.25) is 5.91 Å². The zero-order valence-corrected chi connectivity index (χ0v) is 11.3. The van der Waals surface area contributed by atoms with Crippen molar-refractivity contribution < 1.29 is 14.3 Å². The number of fused-ring (bicyclic) bond motifs is 1. The van der Waals surface area contributed by atoms with Gasteiger partial charge in [-0.1, -0.05) is 11.1 Å². The maximum atomic E-state index is 11.9. The standard InChI is InChI=1S/C14H19NO3/c1-7(2)9-6-12-11(15-13(9)16)5-10(8(3)4)14(17)18-12/h11-12H,5-6H2,1-4H3,(H,15,16). The van der Waals surface area contributed by atoms with E-state index in [2.05, 4.69) is 5.32 Å². The Balaban J connectivity index is 2.25. The molecule has 2 heterocycles. The molecular weight excluding hydrogens is 230 g/mol. The van der Waals surface area contributed by atoms with Gasteiger partial charge in [0.05, 0.1) is 6.04 Å². The van der Waals surface area contributed by atoms with Gasteiger partial charge in [0.25, 0.3) is 0 Å². The summed E-state index contributed by atoms with van der Waals surface area (Å²) >= 11 is 0. The van der Waals surface area contributed by atoms with E-state index in [1.54, 1.807) is 0 Å². The number of allylic oxidation sites excluding steroid dienone is 2. The Labute approximate surface area is 107 Å². The van der Waals surface area contributed by atoms with Gasteiger partial charge in [0.15, 0.2) is 0 Å². The molecule has 2 aliphatic rings. The number of hydrogen-bond acceptors (Lipinski definition) is 3. The van der Waals surface area contributed by atoms with Gasteiger partial charge < -0.3 is 10.1 Å². The number of nitrogens with one attached hydrogen (secondary N) is 1. The van der Waals surface area contributed by atoms with E-state index in [1.807, 2.05) is 27.7 Å². The van der Waals surface area contributed by atoms with Crippen molar-refractivity contribution in [1.29, 1.82) is 0 Å². The maximum Gasteiger partial charge on any atom is 0.334 e. The molecule has 2 unspecified atom stereocenters. The zero-order chi connectivity index (χ0) is 13.4. The molecule has 4 nitrogen and oxygen atoms in total. The van der Waals surface area contributed by atoms with Crippen LogP contribution in [0.3, 0.4) is 0 Å². The molecule has 2 fully saturated rings. The van der Waals surface area contributed by atoms with Crippen LogP contribution < -0.4 is 5.32 Å². The lowest BCUT2D eigenvalue weighted by molar-refractivity contribution is -0.152. The van der Waals surface area contributed by atoms with Gasteiger partial charge in [-0.05, 0) is 27.7 Å². The molecule has 2 saturated heterocycles. The fraction of sp³-hybridized carbons (Fsp3) is 0.571. The van der Waals surface area contributed by atoms with Gasteiger partial charge in [-0.2, -0.15) is 0 Å². The fourth-order valence-electron chi connectivity index (χ4n) is 2.44. The number of piperidine rings is 1. The number of rotatable bonds is 0. The Morgan fingerprint density at radius 2 is 1.67 bits per heavy atom. The number of ether oxygens (including phenoxy) is 1. The van der Waals surface area contributed by atoms with Crippen molar-refractivity contribution in [2.45, 2.75) is 52.7 Å². The van der Waals surface area contributed by atoms with Crippen molar-refractivity contribution in [3.05, 3.63) is 22.3 Å². The second-order valence-electron chi connectivity index (χ2n) is 5.39. The quantitative estimate of drug-likeness (QED) is 0.526. The molecule has 0 spiro atoms. The molecule has 0 saturated carbocycles. The highest BCUT2D eigenvalue weighted by molar-refractivity contribution is 5.97. The minimum atomic E-state index is -0.236. The van der Waals surface area contributed by atoms with E-state index in [4.69, 9.17) is 4.74 Å². The van der Waals surface area contributed by atoms with Crippen molar-refractivity contribution in [2.75, 3.05) is 0 Å². The molecule has 2 rings (SSSR count). The minimum absolute atomic E-state index is 0.0256. The highest BCUT2D eigenvalue weighted by atomic mass is 16.5. The van der Waals surface area contributed by atoms with Gasteiger partial charge in [0, 0.05) is 24.0 Å². The average Bonchev–Trinajstić information content (AvgIpc) is 2.27. The van der Waals surface area contributed by atoms with Crippen LogP contribution in [0.4, 0.5) is 0 Å². The predicted octanol–water partition coefficient (Wildman–Crippen LogP) is 1.86.